The molecule has 0 aliphatic carbocycles. The van der Waals surface area contributed by atoms with Gasteiger partial charge in [-0.2, -0.15) is 0 Å². The van der Waals surface area contributed by atoms with Gasteiger partial charge in [0, 0.05) is 24.5 Å². The van der Waals surface area contributed by atoms with Crippen molar-refractivity contribution >= 4 is 17.7 Å². The number of hydrogen-bond acceptors (Lipinski definition) is 5. The molecule has 3 heterocycles. The van der Waals surface area contributed by atoms with Crippen molar-refractivity contribution in [2.75, 3.05) is 11.9 Å². The fourth-order valence-electron chi connectivity index (χ4n) is 3.23. The predicted octanol–water partition coefficient (Wildman–Crippen LogP) is 3.59. The lowest BCUT2D eigenvalue weighted by Crippen LogP contribution is -2.31. The van der Waals surface area contributed by atoms with Gasteiger partial charge in [-0.1, -0.05) is 24.3 Å². The Kier molecular flexibility index (Phi) is 4.55. The zero-order valence-electron chi connectivity index (χ0n) is 14.2. The Morgan fingerprint density at radius 3 is 2.65 bits per heavy atom. The Morgan fingerprint density at radius 1 is 1.00 bits per heavy atom. The summed E-state index contributed by atoms with van der Waals surface area (Å²) < 4.78 is 0. The maximum Gasteiger partial charge on any atom is 0.254 e. The summed E-state index contributed by atoms with van der Waals surface area (Å²) in [7, 11) is 0. The highest BCUT2D eigenvalue weighted by Gasteiger charge is 2.31. The van der Waals surface area contributed by atoms with Crippen LogP contribution < -0.4 is 5.32 Å². The number of carbonyl (C=O) groups excluding carboxylic acids is 1. The van der Waals surface area contributed by atoms with Crippen LogP contribution in [0.15, 0.2) is 67.0 Å². The minimum atomic E-state index is -0.0324. The number of amides is 1. The van der Waals surface area contributed by atoms with Gasteiger partial charge >= 0.3 is 0 Å². The van der Waals surface area contributed by atoms with Gasteiger partial charge in [-0.15, -0.1) is 0 Å². The first-order valence-electron chi connectivity index (χ1n) is 8.68. The van der Waals surface area contributed by atoms with Crippen molar-refractivity contribution in [3.05, 3.63) is 78.2 Å². The van der Waals surface area contributed by atoms with E-state index in [0.717, 1.165) is 25.1 Å². The fourth-order valence-corrected chi connectivity index (χ4v) is 3.23. The zero-order valence-corrected chi connectivity index (χ0v) is 14.2. The second-order valence-corrected chi connectivity index (χ2v) is 6.17. The molecule has 1 amide bonds. The molecule has 0 radical (unpaired) electrons. The van der Waals surface area contributed by atoms with Crippen molar-refractivity contribution in [1.29, 1.82) is 0 Å². The van der Waals surface area contributed by atoms with Crippen LogP contribution in [0.25, 0.3) is 0 Å². The van der Waals surface area contributed by atoms with Gasteiger partial charge in [0.05, 0.1) is 11.7 Å². The van der Waals surface area contributed by atoms with Crippen LogP contribution in [0.3, 0.4) is 0 Å². The minimum Gasteiger partial charge on any atom is -0.330 e. The summed E-state index contributed by atoms with van der Waals surface area (Å²) in [6.07, 6.45) is 5.30. The molecule has 1 aliphatic heterocycles. The molecule has 3 aromatic rings. The predicted molar refractivity (Wildman–Crippen MR) is 99.0 cm³/mol. The van der Waals surface area contributed by atoms with E-state index in [1.807, 2.05) is 59.5 Å². The lowest BCUT2D eigenvalue weighted by Gasteiger charge is -2.24. The van der Waals surface area contributed by atoms with Crippen LogP contribution in [0, 0.1) is 0 Å². The average molecular weight is 345 g/mol. The Balaban J connectivity index is 1.56. The molecule has 0 unspecified atom stereocenters. The van der Waals surface area contributed by atoms with Gasteiger partial charge in [0.1, 0.15) is 5.82 Å². The number of hydrogen-bond donors (Lipinski definition) is 1. The van der Waals surface area contributed by atoms with Gasteiger partial charge in [-0.05, 0) is 43.2 Å². The average Bonchev–Trinajstić information content (AvgIpc) is 3.19. The maximum absolute atomic E-state index is 12.9. The van der Waals surface area contributed by atoms with Crippen LogP contribution in [0.4, 0.5) is 11.8 Å². The maximum atomic E-state index is 12.9. The lowest BCUT2D eigenvalue weighted by atomic mass is 10.1. The van der Waals surface area contributed by atoms with E-state index in [0.29, 0.717) is 17.3 Å². The van der Waals surface area contributed by atoms with E-state index in [2.05, 4.69) is 20.3 Å². The number of aromatic nitrogens is 3. The first-order valence-corrected chi connectivity index (χ1v) is 8.68. The Hall–Kier alpha value is -3.28. The first-order chi connectivity index (χ1) is 12.8. The summed E-state index contributed by atoms with van der Waals surface area (Å²) in [4.78, 5) is 27.9. The number of pyridine rings is 1. The molecule has 6 nitrogen and oxygen atoms in total. The number of carbonyl (C=O) groups is 1. The Morgan fingerprint density at radius 2 is 1.85 bits per heavy atom. The van der Waals surface area contributed by atoms with Crippen molar-refractivity contribution in [2.24, 2.45) is 0 Å². The molecular formula is C20H19N5O. The minimum absolute atomic E-state index is 0.0324. The molecule has 0 saturated carbocycles. The molecule has 6 heteroatoms. The number of likely N-dealkylation sites (tertiary alicyclic amines) is 1. The number of anilines is 2. The molecule has 130 valence electrons. The van der Waals surface area contributed by atoms with E-state index in [4.69, 9.17) is 0 Å². The smallest absolute Gasteiger partial charge is 0.254 e. The van der Waals surface area contributed by atoms with E-state index in [1.54, 1.807) is 12.4 Å². The second kappa shape index (κ2) is 7.31. The van der Waals surface area contributed by atoms with Gasteiger partial charge in [-0.25, -0.2) is 15.0 Å². The van der Waals surface area contributed by atoms with Gasteiger partial charge in [0.15, 0.2) is 0 Å². The first kappa shape index (κ1) is 16.2. The summed E-state index contributed by atoms with van der Waals surface area (Å²) in [6.45, 7) is 0.741. The number of nitrogens with zero attached hydrogens (tertiary/aromatic N) is 4. The quantitative estimate of drug-likeness (QED) is 0.782. The highest BCUT2D eigenvalue weighted by atomic mass is 16.2. The van der Waals surface area contributed by atoms with E-state index >= 15 is 0 Å². The molecule has 1 fully saturated rings. The highest BCUT2D eigenvalue weighted by molar-refractivity contribution is 5.94. The molecular weight excluding hydrogens is 326 g/mol. The monoisotopic (exact) mass is 345 g/mol. The molecule has 26 heavy (non-hydrogen) atoms. The van der Waals surface area contributed by atoms with Crippen LogP contribution in [0.2, 0.25) is 0 Å². The van der Waals surface area contributed by atoms with Gasteiger partial charge in [-0.3, -0.25) is 4.79 Å². The summed E-state index contributed by atoms with van der Waals surface area (Å²) in [6, 6.07) is 16.9. The SMILES string of the molecule is O=C(c1ccccc1)N1CCC[C@@H]1c1ccnc(Nc2ccccn2)n1. The summed E-state index contributed by atoms with van der Waals surface area (Å²) >= 11 is 0. The summed E-state index contributed by atoms with van der Waals surface area (Å²) in [5.41, 5.74) is 1.56. The highest BCUT2D eigenvalue weighted by Crippen LogP contribution is 2.32. The lowest BCUT2D eigenvalue weighted by molar-refractivity contribution is 0.0733. The standard InChI is InChI=1S/C20H19N5O/c26-19(15-7-2-1-3-8-15)25-14-6-9-17(25)16-11-13-22-20(23-16)24-18-10-4-5-12-21-18/h1-5,7-8,10-13,17H,6,9,14H2,(H,21,22,23,24)/t17-/m1/s1. The van der Waals surface area contributed by atoms with Crippen molar-refractivity contribution in [2.45, 2.75) is 18.9 Å². The van der Waals surface area contributed by atoms with Crippen LogP contribution in [-0.4, -0.2) is 32.3 Å². The molecule has 1 aliphatic rings. The third-order valence-corrected chi connectivity index (χ3v) is 4.46. The van der Waals surface area contributed by atoms with Crippen LogP contribution in [-0.2, 0) is 0 Å². The number of rotatable bonds is 4. The Bertz CT molecular complexity index is 885. The third kappa shape index (κ3) is 3.39. The van der Waals surface area contributed by atoms with Crippen LogP contribution in [0.1, 0.15) is 34.9 Å². The van der Waals surface area contributed by atoms with Crippen LogP contribution in [0.5, 0.6) is 0 Å². The fraction of sp³-hybridized carbons (Fsp3) is 0.200. The van der Waals surface area contributed by atoms with Crippen molar-refractivity contribution in [1.82, 2.24) is 19.9 Å². The van der Waals surface area contributed by atoms with Crippen molar-refractivity contribution in [3.63, 3.8) is 0 Å². The molecule has 1 saturated heterocycles. The van der Waals surface area contributed by atoms with E-state index in [-0.39, 0.29) is 11.9 Å². The van der Waals surface area contributed by atoms with E-state index in [1.165, 1.54) is 0 Å². The van der Waals surface area contributed by atoms with Gasteiger partial charge < -0.3 is 10.2 Å². The second-order valence-electron chi connectivity index (χ2n) is 6.17. The molecule has 4 rings (SSSR count). The summed E-state index contributed by atoms with van der Waals surface area (Å²) in [5.74, 6) is 1.22. The van der Waals surface area contributed by atoms with Gasteiger partial charge in [0.25, 0.3) is 5.91 Å². The topological polar surface area (TPSA) is 71.0 Å². The van der Waals surface area contributed by atoms with Crippen molar-refractivity contribution < 1.29 is 4.79 Å². The Labute approximate surface area is 151 Å². The summed E-state index contributed by atoms with van der Waals surface area (Å²) in [5, 5.41) is 3.11. The zero-order chi connectivity index (χ0) is 17.8. The molecule has 1 N–H and O–H groups in total. The van der Waals surface area contributed by atoms with E-state index in [9.17, 15) is 4.79 Å². The molecule has 1 aromatic carbocycles. The molecule has 0 bridgehead atoms. The third-order valence-electron chi connectivity index (χ3n) is 4.46. The number of benzene rings is 1. The largest absolute Gasteiger partial charge is 0.330 e. The van der Waals surface area contributed by atoms with Gasteiger partial charge in [0.2, 0.25) is 5.95 Å². The normalized spacial score (nSPS) is 16.5. The molecule has 1 atom stereocenters. The van der Waals surface area contributed by atoms with E-state index < -0.39 is 0 Å². The molecule has 2 aromatic heterocycles. The number of nitrogens with one attached hydrogen (secondary N) is 1. The van der Waals surface area contributed by atoms with Crippen LogP contribution >= 0.6 is 0 Å². The van der Waals surface area contributed by atoms with Crippen molar-refractivity contribution in [3.8, 4) is 0 Å². The molecule has 0 spiro atoms.